The third-order valence-electron chi connectivity index (χ3n) is 4.73. The van der Waals surface area contributed by atoms with Crippen LogP contribution in [0.25, 0.3) is 16.7 Å². The molecule has 0 aliphatic rings. The Morgan fingerprint density at radius 1 is 0.933 bits per heavy atom. The number of fused-ring (bicyclic) bond motifs is 1. The van der Waals surface area contributed by atoms with Gasteiger partial charge in [-0.1, -0.05) is 17.7 Å². The van der Waals surface area contributed by atoms with Gasteiger partial charge >= 0.3 is 0 Å². The lowest BCUT2D eigenvalue weighted by Crippen LogP contribution is -2.13. The molecule has 1 heterocycles. The maximum Gasteiger partial charge on any atom is 0.255 e. The summed E-state index contributed by atoms with van der Waals surface area (Å²) in [5.41, 5.74) is 5.77. The van der Waals surface area contributed by atoms with Crippen molar-refractivity contribution in [1.29, 1.82) is 0 Å². The van der Waals surface area contributed by atoms with Gasteiger partial charge in [0, 0.05) is 11.3 Å². The second-order valence-corrected chi connectivity index (χ2v) is 7.63. The Bertz CT molecular complexity index is 1190. The molecular weight excluding hydrogens is 376 g/mol. The second kappa shape index (κ2) is 7.99. The van der Waals surface area contributed by atoms with Gasteiger partial charge in [0.25, 0.3) is 5.91 Å². The van der Waals surface area contributed by atoms with Crippen LogP contribution in [-0.2, 0) is 0 Å². The van der Waals surface area contributed by atoms with Crippen molar-refractivity contribution in [3.8, 4) is 11.4 Å². The van der Waals surface area contributed by atoms with Gasteiger partial charge < -0.3 is 10.1 Å². The number of hydrogen-bond acceptors (Lipinski definition) is 4. The van der Waals surface area contributed by atoms with Crippen LogP contribution in [0, 0.1) is 13.8 Å². The molecule has 0 fully saturated rings. The van der Waals surface area contributed by atoms with Crippen LogP contribution in [0.1, 0.15) is 35.3 Å². The van der Waals surface area contributed by atoms with Crippen LogP contribution in [0.2, 0.25) is 0 Å². The third kappa shape index (κ3) is 4.17. The highest BCUT2D eigenvalue weighted by Gasteiger charge is 2.12. The average molecular weight is 400 g/mol. The molecule has 4 aromatic rings. The molecule has 6 nitrogen and oxygen atoms in total. The molecule has 30 heavy (non-hydrogen) atoms. The summed E-state index contributed by atoms with van der Waals surface area (Å²) in [7, 11) is 0. The number of rotatable bonds is 5. The highest BCUT2D eigenvalue weighted by molar-refractivity contribution is 6.05. The number of benzene rings is 3. The van der Waals surface area contributed by atoms with Gasteiger partial charge in [-0.2, -0.15) is 4.80 Å². The number of carbonyl (C=O) groups excluding carboxylic acids is 1. The third-order valence-corrected chi connectivity index (χ3v) is 4.73. The average Bonchev–Trinajstić information content (AvgIpc) is 3.11. The van der Waals surface area contributed by atoms with Gasteiger partial charge in [0.15, 0.2) is 0 Å². The lowest BCUT2D eigenvalue weighted by molar-refractivity contribution is 0.102. The van der Waals surface area contributed by atoms with Crippen molar-refractivity contribution >= 4 is 22.6 Å². The molecular formula is C24H24N4O2. The number of nitrogens with one attached hydrogen (secondary N) is 1. The van der Waals surface area contributed by atoms with E-state index in [0.29, 0.717) is 11.3 Å². The van der Waals surface area contributed by atoms with Crippen molar-refractivity contribution in [3.63, 3.8) is 0 Å². The predicted octanol–water partition coefficient (Wildman–Crippen LogP) is 5.08. The minimum absolute atomic E-state index is 0.0902. The smallest absolute Gasteiger partial charge is 0.255 e. The number of ether oxygens (including phenoxy) is 1. The summed E-state index contributed by atoms with van der Waals surface area (Å²) >= 11 is 0. The first-order valence-corrected chi connectivity index (χ1v) is 9.92. The Morgan fingerprint density at radius 2 is 1.57 bits per heavy atom. The lowest BCUT2D eigenvalue weighted by atomic mass is 10.1. The van der Waals surface area contributed by atoms with Crippen LogP contribution in [0.15, 0.2) is 60.7 Å². The maximum atomic E-state index is 12.7. The van der Waals surface area contributed by atoms with E-state index in [1.807, 2.05) is 64.1 Å². The quantitative estimate of drug-likeness (QED) is 0.507. The summed E-state index contributed by atoms with van der Waals surface area (Å²) in [4.78, 5) is 14.3. The van der Waals surface area contributed by atoms with E-state index in [2.05, 4.69) is 15.5 Å². The maximum absolute atomic E-state index is 12.7. The number of nitrogens with zero attached hydrogens (tertiary/aromatic N) is 3. The predicted molar refractivity (Wildman–Crippen MR) is 118 cm³/mol. The summed E-state index contributed by atoms with van der Waals surface area (Å²) < 4.78 is 5.63. The number of aryl methyl sites for hydroxylation is 2. The molecule has 3 aromatic carbocycles. The van der Waals surface area contributed by atoms with Crippen molar-refractivity contribution in [2.75, 3.05) is 5.32 Å². The molecule has 4 rings (SSSR count). The van der Waals surface area contributed by atoms with Gasteiger partial charge in [0.2, 0.25) is 0 Å². The van der Waals surface area contributed by atoms with E-state index in [-0.39, 0.29) is 12.0 Å². The second-order valence-electron chi connectivity index (χ2n) is 7.63. The molecule has 1 N–H and O–H groups in total. The van der Waals surface area contributed by atoms with Gasteiger partial charge in [0.05, 0.1) is 11.8 Å². The zero-order chi connectivity index (χ0) is 21.3. The van der Waals surface area contributed by atoms with E-state index < -0.39 is 0 Å². The Kier molecular flexibility index (Phi) is 5.23. The topological polar surface area (TPSA) is 69.0 Å². The van der Waals surface area contributed by atoms with E-state index in [1.54, 1.807) is 29.1 Å². The van der Waals surface area contributed by atoms with E-state index >= 15 is 0 Å². The van der Waals surface area contributed by atoms with Crippen LogP contribution in [0.4, 0.5) is 5.69 Å². The molecule has 6 heteroatoms. The Morgan fingerprint density at radius 3 is 2.20 bits per heavy atom. The van der Waals surface area contributed by atoms with Gasteiger partial charge in [-0.3, -0.25) is 4.79 Å². The van der Waals surface area contributed by atoms with Crippen LogP contribution in [-0.4, -0.2) is 27.0 Å². The largest absolute Gasteiger partial charge is 0.491 e. The highest BCUT2D eigenvalue weighted by atomic mass is 16.5. The molecule has 1 amide bonds. The zero-order valence-electron chi connectivity index (χ0n) is 17.5. The summed E-state index contributed by atoms with van der Waals surface area (Å²) in [5.74, 6) is 0.561. The van der Waals surface area contributed by atoms with Crippen molar-refractivity contribution in [2.45, 2.75) is 33.8 Å². The molecule has 0 bridgehead atoms. The summed E-state index contributed by atoms with van der Waals surface area (Å²) in [6.45, 7) is 7.92. The minimum Gasteiger partial charge on any atom is -0.491 e. The van der Waals surface area contributed by atoms with Crippen molar-refractivity contribution in [1.82, 2.24) is 15.0 Å². The fourth-order valence-electron chi connectivity index (χ4n) is 3.15. The van der Waals surface area contributed by atoms with Gasteiger partial charge in [-0.15, -0.1) is 10.2 Å². The van der Waals surface area contributed by atoms with Gasteiger partial charge in [-0.05, 0) is 81.8 Å². The normalized spacial score (nSPS) is 11.1. The molecule has 0 unspecified atom stereocenters. The molecule has 152 valence electrons. The summed E-state index contributed by atoms with van der Waals surface area (Å²) in [5, 5.41) is 12.1. The molecule has 1 aromatic heterocycles. The lowest BCUT2D eigenvalue weighted by Gasteiger charge is -2.11. The van der Waals surface area contributed by atoms with Crippen molar-refractivity contribution < 1.29 is 9.53 Å². The summed E-state index contributed by atoms with van der Waals surface area (Å²) in [6, 6.07) is 18.9. The molecule has 0 saturated carbocycles. The molecule has 0 aliphatic carbocycles. The van der Waals surface area contributed by atoms with Crippen molar-refractivity contribution in [2.24, 2.45) is 0 Å². The Labute approximate surface area is 175 Å². The van der Waals surface area contributed by atoms with Crippen LogP contribution >= 0.6 is 0 Å². The van der Waals surface area contributed by atoms with Gasteiger partial charge in [0.1, 0.15) is 16.8 Å². The van der Waals surface area contributed by atoms with E-state index in [4.69, 9.17) is 4.74 Å². The zero-order valence-corrected chi connectivity index (χ0v) is 17.5. The first-order valence-electron chi connectivity index (χ1n) is 9.92. The summed E-state index contributed by atoms with van der Waals surface area (Å²) in [6.07, 6.45) is 0.0902. The minimum atomic E-state index is -0.181. The van der Waals surface area contributed by atoms with Crippen LogP contribution in [0.3, 0.4) is 0 Å². The van der Waals surface area contributed by atoms with Crippen LogP contribution < -0.4 is 10.1 Å². The molecule has 0 radical (unpaired) electrons. The number of hydrogen-bond donors (Lipinski definition) is 1. The number of anilines is 1. The highest BCUT2D eigenvalue weighted by Crippen LogP contribution is 2.23. The first kappa shape index (κ1) is 19.6. The van der Waals surface area contributed by atoms with E-state index in [9.17, 15) is 4.79 Å². The Balaban J connectivity index is 1.57. The van der Waals surface area contributed by atoms with E-state index in [1.165, 1.54) is 5.56 Å². The fourth-order valence-corrected chi connectivity index (χ4v) is 3.15. The standard InChI is InChI=1S/C24H24N4O2/c1-15(2)30-20-11-7-18(8-12-20)24(29)25-21-14-23-22(13-17(21)4)26-28(27-23)19-9-5-16(3)6-10-19/h5-15H,1-4H3,(H,25,29). The van der Waals surface area contributed by atoms with E-state index in [0.717, 1.165) is 28.0 Å². The fraction of sp³-hybridized carbons (Fsp3) is 0.208. The number of aromatic nitrogens is 3. The number of amides is 1. The van der Waals surface area contributed by atoms with Crippen molar-refractivity contribution in [3.05, 3.63) is 77.4 Å². The molecule has 0 atom stereocenters. The molecule has 0 aliphatic heterocycles. The van der Waals surface area contributed by atoms with Crippen LogP contribution in [0.5, 0.6) is 5.75 Å². The monoisotopic (exact) mass is 400 g/mol. The molecule has 0 saturated heterocycles. The number of carbonyl (C=O) groups is 1. The molecule has 0 spiro atoms. The van der Waals surface area contributed by atoms with Gasteiger partial charge in [-0.25, -0.2) is 0 Å². The SMILES string of the molecule is Cc1ccc(-n2nc3cc(C)c(NC(=O)c4ccc(OC(C)C)cc4)cc3n2)cc1. The Hall–Kier alpha value is -3.67. The first-order chi connectivity index (χ1) is 14.4.